The van der Waals surface area contributed by atoms with E-state index in [-0.39, 0.29) is 0 Å². The van der Waals surface area contributed by atoms with Crippen LogP contribution >= 0.6 is 0 Å². The first-order valence-electron chi connectivity index (χ1n) is 9.15. The third kappa shape index (κ3) is 4.86. The Morgan fingerprint density at radius 1 is 0.893 bits per heavy atom. The molecule has 0 aromatic heterocycles. The monoisotopic (exact) mass is 375 g/mol. The maximum Gasteiger partial charge on any atom is 0.164 e. The summed E-state index contributed by atoms with van der Waals surface area (Å²) in [5, 5.41) is 3.43. The molecule has 0 heterocycles. The molecule has 0 aliphatic carbocycles. The van der Waals surface area contributed by atoms with Gasteiger partial charge >= 0.3 is 0 Å². The molecule has 0 radical (unpaired) electrons. The topological polar surface area (TPSA) is 39.7 Å². The second-order valence-corrected chi connectivity index (χ2v) is 6.28. The molecule has 3 rings (SSSR count). The van der Waals surface area contributed by atoms with Gasteiger partial charge in [0.1, 0.15) is 11.5 Å². The van der Waals surface area contributed by atoms with Gasteiger partial charge in [-0.25, -0.2) is 0 Å². The van der Waals surface area contributed by atoms with Crippen LogP contribution in [0.4, 0.5) is 5.69 Å². The molecule has 28 heavy (non-hydrogen) atoms. The zero-order valence-electron chi connectivity index (χ0n) is 16.3. The van der Waals surface area contributed by atoms with Crippen LogP contribution in [0.3, 0.4) is 0 Å². The van der Waals surface area contributed by atoms with Crippen molar-refractivity contribution in [2.75, 3.05) is 19.5 Å². The maximum atomic E-state index is 5.83. The molecule has 0 spiro atoms. The van der Waals surface area contributed by atoms with Gasteiger partial charge in [0, 0.05) is 17.8 Å². The van der Waals surface area contributed by atoms with Crippen LogP contribution in [0.2, 0.25) is 0 Å². The van der Waals surface area contributed by atoms with Gasteiger partial charge < -0.3 is 19.5 Å². The number of hydrogen-bond acceptors (Lipinski definition) is 4. The van der Waals surface area contributed by atoms with Gasteiger partial charge in [0.15, 0.2) is 11.5 Å². The highest BCUT2D eigenvalue weighted by Crippen LogP contribution is 2.33. The van der Waals surface area contributed by atoms with E-state index in [2.05, 4.69) is 18.0 Å². The second kappa shape index (κ2) is 9.51. The minimum Gasteiger partial charge on any atom is -0.493 e. The first-order chi connectivity index (χ1) is 13.7. The van der Waals surface area contributed by atoms with Crippen LogP contribution in [-0.4, -0.2) is 14.2 Å². The Bertz CT molecular complexity index is 905. The summed E-state index contributed by atoms with van der Waals surface area (Å²) in [4.78, 5) is 0. The van der Waals surface area contributed by atoms with Gasteiger partial charge in [0.05, 0.1) is 14.2 Å². The number of ether oxygens (including phenoxy) is 3. The Morgan fingerprint density at radius 2 is 1.61 bits per heavy atom. The lowest BCUT2D eigenvalue weighted by Crippen LogP contribution is -2.03. The molecule has 1 N–H and O–H groups in total. The number of rotatable bonds is 9. The largest absolute Gasteiger partial charge is 0.493 e. The van der Waals surface area contributed by atoms with Crippen LogP contribution in [0.1, 0.15) is 11.1 Å². The van der Waals surface area contributed by atoms with Crippen molar-refractivity contribution >= 4 is 5.69 Å². The average molecular weight is 375 g/mol. The zero-order valence-corrected chi connectivity index (χ0v) is 16.3. The van der Waals surface area contributed by atoms with Crippen molar-refractivity contribution in [3.8, 4) is 23.0 Å². The SMILES string of the molecule is C=CCc1cc(CNc2ccc(Oc3ccccc3)cc2)cc(OC)c1OC. The minimum atomic E-state index is 0.670. The van der Waals surface area contributed by atoms with Crippen molar-refractivity contribution in [1.82, 2.24) is 0 Å². The predicted octanol–water partition coefficient (Wildman–Crippen LogP) is 5.84. The van der Waals surface area contributed by atoms with E-state index in [1.54, 1.807) is 14.2 Å². The van der Waals surface area contributed by atoms with E-state index < -0.39 is 0 Å². The molecule has 0 unspecified atom stereocenters. The highest BCUT2D eigenvalue weighted by Gasteiger charge is 2.11. The third-order valence-electron chi connectivity index (χ3n) is 4.31. The molecule has 3 aromatic carbocycles. The molecule has 3 aromatic rings. The molecule has 0 saturated carbocycles. The van der Waals surface area contributed by atoms with Crippen molar-refractivity contribution in [2.45, 2.75) is 13.0 Å². The lowest BCUT2D eigenvalue weighted by molar-refractivity contribution is 0.352. The van der Waals surface area contributed by atoms with E-state index in [0.717, 1.165) is 46.2 Å². The van der Waals surface area contributed by atoms with Gasteiger partial charge in [-0.05, 0) is 60.5 Å². The fraction of sp³-hybridized carbons (Fsp3) is 0.167. The summed E-state index contributed by atoms with van der Waals surface area (Å²) in [6.07, 6.45) is 2.58. The van der Waals surface area contributed by atoms with Crippen molar-refractivity contribution in [2.24, 2.45) is 0 Å². The molecule has 4 heteroatoms. The van der Waals surface area contributed by atoms with Crippen LogP contribution in [0.25, 0.3) is 0 Å². The smallest absolute Gasteiger partial charge is 0.164 e. The normalized spacial score (nSPS) is 10.2. The number of allylic oxidation sites excluding steroid dienone is 1. The van der Waals surface area contributed by atoms with E-state index in [1.807, 2.05) is 66.7 Å². The Kier molecular flexibility index (Phi) is 6.58. The van der Waals surface area contributed by atoms with E-state index >= 15 is 0 Å². The fourth-order valence-corrected chi connectivity index (χ4v) is 2.99. The van der Waals surface area contributed by atoms with Crippen molar-refractivity contribution in [1.29, 1.82) is 0 Å². The molecule has 0 fully saturated rings. The summed E-state index contributed by atoms with van der Waals surface area (Å²) >= 11 is 0. The maximum absolute atomic E-state index is 5.83. The Morgan fingerprint density at radius 3 is 2.25 bits per heavy atom. The molecule has 0 atom stereocenters. The van der Waals surface area contributed by atoms with Gasteiger partial charge in [0.25, 0.3) is 0 Å². The number of nitrogens with one attached hydrogen (secondary N) is 1. The summed E-state index contributed by atoms with van der Waals surface area (Å²) in [5.41, 5.74) is 3.18. The van der Waals surface area contributed by atoms with Crippen LogP contribution < -0.4 is 19.5 Å². The Balaban J connectivity index is 1.68. The number of hydrogen-bond donors (Lipinski definition) is 1. The van der Waals surface area contributed by atoms with Gasteiger partial charge in [0.2, 0.25) is 0 Å². The van der Waals surface area contributed by atoms with Crippen molar-refractivity contribution < 1.29 is 14.2 Å². The minimum absolute atomic E-state index is 0.670. The fourth-order valence-electron chi connectivity index (χ4n) is 2.99. The van der Waals surface area contributed by atoms with Crippen LogP contribution in [0.5, 0.6) is 23.0 Å². The molecule has 0 amide bonds. The van der Waals surface area contributed by atoms with Crippen molar-refractivity contribution in [3.05, 3.63) is 90.5 Å². The molecule has 0 bridgehead atoms. The van der Waals surface area contributed by atoms with E-state index in [9.17, 15) is 0 Å². The Labute approximate surface area is 166 Å². The second-order valence-electron chi connectivity index (χ2n) is 6.28. The lowest BCUT2D eigenvalue weighted by atomic mass is 10.1. The summed E-state index contributed by atoms with van der Waals surface area (Å²) in [6, 6.07) is 21.8. The molecule has 0 saturated heterocycles. The van der Waals surface area contributed by atoms with Gasteiger partial charge in [-0.1, -0.05) is 24.3 Å². The summed E-state index contributed by atoms with van der Waals surface area (Å²) in [7, 11) is 3.31. The zero-order chi connectivity index (χ0) is 19.8. The number of methoxy groups -OCH3 is 2. The van der Waals surface area contributed by atoms with Gasteiger partial charge in [-0.3, -0.25) is 0 Å². The number of para-hydroxylation sites is 1. The Hall–Kier alpha value is -3.40. The highest BCUT2D eigenvalue weighted by atomic mass is 16.5. The van der Waals surface area contributed by atoms with Crippen LogP contribution in [-0.2, 0) is 13.0 Å². The molecular formula is C24H25NO3. The van der Waals surface area contributed by atoms with E-state index in [1.165, 1.54) is 0 Å². The van der Waals surface area contributed by atoms with Crippen LogP contribution in [0, 0.1) is 0 Å². The van der Waals surface area contributed by atoms with Crippen molar-refractivity contribution in [3.63, 3.8) is 0 Å². The predicted molar refractivity (Wildman–Crippen MR) is 114 cm³/mol. The highest BCUT2D eigenvalue weighted by molar-refractivity contribution is 5.52. The quantitative estimate of drug-likeness (QED) is 0.477. The summed E-state index contributed by atoms with van der Waals surface area (Å²) in [5.74, 6) is 3.11. The lowest BCUT2D eigenvalue weighted by Gasteiger charge is -2.15. The molecule has 4 nitrogen and oxygen atoms in total. The molecule has 0 aliphatic rings. The van der Waals surface area contributed by atoms with E-state index in [0.29, 0.717) is 6.54 Å². The summed E-state index contributed by atoms with van der Waals surface area (Å²) in [6.45, 7) is 4.49. The van der Waals surface area contributed by atoms with Gasteiger partial charge in [-0.2, -0.15) is 0 Å². The average Bonchev–Trinajstić information content (AvgIpc) is 2.74. The molecule has 0 aliphatic heterocycles. The third-order valence-corrected chi connectivity index (χ3v) is 4.31. The molecule has 144 valence electrons. The number of anilines is 1. The van der Waals surface area contributed by atoms with E-state index in [4.69, 9.17) is 14.2 Å². The first kappa shape index (κ1) is 19.4. The molecular weight excluding hydrogens is 350 g/mol. The first-order valence-corrected chi connectivity index (χ1v) is 9.15. The summed E-state index contributed by atoms with van der Waals surface area (Å²) < 4.78 is 16.8. The van der Waals surface area contributed by atoms with Gasteiger partial charge in [-0.15, -0.1) is 6.58 Å². The number of benzene rings is 3. The van der Waals surface area contributed by atoms with Crippen LogP contribution in [0.15, 0.2) is 79.4 Å². The standard InChI is InChI=1S/C24H25NO3/c1-4-8-19-15-18(16-23(26-2)24(19)27-3)17-25-20-11-13-22(14-12-20)28-21-9-6-5-7-10-21/h4-7,9-16,25H,1,8,17H2,2-3H3.